The summed E-state index contributed by atoms with van der Waals surface area (Å²) in [5.41, 5.74) is 3.57. The lowest BCUT2D eigenvalue weighted by atomic mass is 9.88. The number of hydrogen-bond donors (Lipinski definition) is 0. The van der Waals surface area contributed by atoms with Crippen molar-refractivity contribution in [2.45, 2.75) is 25.4 Å². The number of thioether (sulfide) groups is 1. The Morgan fingerprint density at radius 1 is 1.04 bits per heavy atom. The van der Waals surface area contributed by atoms with Gasteiger partial charge in [-0.1, -0.05) is 71.9 Å². The Kier molecular flexibility index (Phi) is 4.87. The summed E-state index contributed by atoms with van der Waals surface area (Å²) in [5, 5.41) is -0.0113. The molecule has 2 atom stereocenters. The standard InChI is InChI=1S/C20H20O2S/c1-14-8-10-16(11-9-14)18-12-17(15-6-4-3-5-7-15)13-19(22-18)20(21)23-2/h3-11,13,17-18H,12H2,1-2H3/t17-,18-/m0/s1. The molecule has 0 spiro atoms. The molecule has 0 aliphatic carbocycles. The average molecular weight is 324 g/mol. The molecule has 1 aliphatic rings. The summed E-state index contributed by atoms with van der Waals surface area (Å²) in [7, 11) is 0. The number of carbonyl (C=O) groups is 1. The number of carbonyl (C=O) groups excluding carboxylic acids is 1. The van der Waals surface area contributed by atoms with E-state index in [4.69, 9.17) is 4.74 Å². The summed E-state index contributed by atoms with van der Waals surface area (Å²) in [6, 6.07) is 18.7. The van der Waals surface area contributed by atoms with Crippen LogP contribution in [-0.4, -0.2) is 11.4 Å². The van der Waals surface area contributed by atoms with Gasteiger partial charge >= 0.3 is 0 Å². The van der Waals surface area contributed by atoms with Crippen LogP contribution in [-0.2, 0) is 9.53 Å². The van der Waals surface area contributed by atoms with Crippen LogP contribution >= 0.6 is 11.8 Å². The van der Waals surface area contributed by atoms with Gasteiger partial charge in [0.15, 0.2) is 5.76 Å². The number of rotatable bonds is 3. The normalized spacial score (nSPS) is 20.5. The van der Waals surface area contributed by atoms with Gasteiger partial charge in [0, 0.05) is 5.92 Å². The fourth-order valence-electron chi connectivity index (χ4n) is 2.86. The van der Waals surface area contributed by atoms with Crippen molar-refractivity contribution in [2.75, 3.05) is 6.26 Å². The van der Waals surface area contributed by atoms with E-state index in [9.17, 15) is 4.79 Å². The van der Waals surface area contributed by atoms with E-state index in [-0.39, 0.29) is 17.1 Å². The van der Waals surface area contributed by atoms with Crippen LogP contribution in [0.2, 0.25) is 0 Å². The Morgan fingerprint density at radius 2 is 1.74 bits per heavy atom. The molecule has 0 saturated heterocycles. The first-order valence-corrected chi connectivity index (χ1v) is 8.98. The van der Waals surface area contributed by atoms with E-state index in [0.717, 1.165) is 12.0 Å². The molecule has 1 heterocycles. The van der Waals surface area contributed by atoms with E-state index in [1.54, 1.807) is 6.26 Å². The van der Waals surface area contributed by atoms with Crippen molar-refractivity contribution in [1.29, 1.82) is 0 Å². The second kappa shape index (κ2) is 7.05. The van der Waals surface area contributed by atoms with Crippen LogP contribution in [0.25, 0.3) is 0 Å². The van der Waals surface area contributed by atoms with Crippen LogP contribution in [0.5, 0.6) is 0 Å². The van der Waals surface area contributed by atoms with Crippen LogP contribution < -0.4 is 0 Å². The second-order valence-electron chi connectivity index (χ2n) is 5.79. The molecule has 0 N–H and O–H groups in total. The lowest BCUT2D eigenvalue weighted by Gasteiger charge is -2.29. The van der Waals surface area contributed by atoms with E-state index in [1.165, 1.54) is 22.9 Å². The fourth-order valence-corrected chi connectivity index (χ4v) is 3.17. The van der Waals surface area contributed by atoms with Gasteiger partial charge in [0.2, 0.25) is 0 Å². The lowest BCUT2D eigenvalue weighted by Crippen LogP contribution is -2.18. The fraction of sp³-hybridized carbons (Fsp3) is 0.250. The van der Waals surface area contributed by atoms with E-state index in [0.29, 0.717) is 5.76 Å². The molecule has 3 heteroatoms. The van der Waals surface area contributed by atoms with E-state index in [2.05, 4.69) is 43.3 Å². The molecule has 3 rings (SSSR count). The lowest BCUT2D eigenvalue weighted by molar-refractivity contribution is -0.112. The third-order valence-corrected chi connectivity index (χ3v) is 4.73. The van der Waals surface area contributed by atoms with Crippen molar-refractivity contribution in [1.82, 2.24) is 0 Å². The SMILES string of the molecule is CSC(=O)C1=C[C@@H](c2ccccc2)C[C@@H](c2ccc(C)cc2)O1. The molecule has 0 amide bonds. The molecular formula is C20H20O2S. The monoisotopic (exact) mass is 324 g/mol. The van der Waals surface area contributed by atoms with Gasteiger partial charge in [-0.3, -0.25) is 4.79 Å². The number of allylic oxidation sites excluding steroid dienone is 1. The smallest absolute Gasteiger partial charge is 0.253 e. The molecule has 118 valence electrons. The third-order valence-electron chi connectivity index (χ3n) is 4.15. The Hall–Kier alpha value is -2.00. The van der Waals surface area contributed by atoms with E-state index in [1.807, 2.05) is 24.3 Å². The maximum Gasteiger partial charge on any atom is 0.253 e. The summed E-state index contributed by atoms with van der Waals surface area (Å²) in [6.45, 7) is 2.07. The first kappa shape index (κ1) is 15.9. The molecule has 2 aromatic carbocycles. The highest BCUT2D eigenvalue weighted by Crippen LogP contribution is 2.39. The predicted molar refractivity (Wildman–Crippen MR) is 95.4 cm³/mol. The van der Waals surface area contributed by atoms with Gasteiger partial charge in [0.1, 0.15) is 6.10 Å². The molecule has 23 heavy (non-hydrogen) atoms. The maximum absolute atomic E-state index is 12.1. The van der Waals surface area contributed by atoms with E-state index >= 15 is 0 Å². The van der Waals surface area contributed by atoms with E-state index < -0.39 is 0 Å². The highest BCUT2D eigenvalue weighted by atomic mass is 32.2. The summed E-state index contributed by atoms with van der Waals surface area (Å²) < 4.78 is 6.01. The maximum atomic E-state index is 12.1. The molecular weight excluding hydrogens is 304 g/mol. The third kappa shape index (κ3) is 3.67. The van der Waals surface area contributed by atoms with Crippen LogP contribution in [0.4, 0.5) is 0 Å². The number of ether oxygens (including phenoxy) is 1. The topological polar surface area (TPSA) is 26.3 Å². The zero-order valence-corrected chi connectivity index (χ0v) is 14.2. The minimum Gasteiger partial charge on any atom is -0.481 e. The average Bonchev–Trinajstić information content (AvgIpc) is 2.62. The first-order valence-electron chi connectivity index (χ1n) is 7.75. The molecule has 0 aromatic heterocycles. The summed E-state index contributed by atoms with van der Waals surface area (Å²) in [4.78, 5) is 12.1. The first-order chi connectivity index (χ1) is 11.2. The van der Waals surface area contributed by atoms with Crippen molar-refractivity contribution in [3.8, 4) is 0 Å². The van der Waals surface area contributed by atoms with Crippen LogP contribution in [0.1, 0.15) is 35.1 Å². The number of hydrogen-bond acceptors (Lipinski definition) is 3. The zero-order chi connectivity index (χ0) is 16.2. The molecule has 2 aromatic rings. The van der Waals surface area contributed by atoms with Gasteiger partial charge in [-0.05, 0) is 36.8 Å². The van der Waals surface area contributed by atoms with Gasteiger partial charge in [0.25, 0.3) is 5.12 Å². The van der Waals surface area contributed by atoms with Crippen molar-refractivity contribution in [3.63, 3.8) is 0 Å². The Bertz CT molecular complexity index is 704. The molecule has 0 saturated carbocycles. The number of aryl methyl sites for hydroxylation is 1. The number of benzene rings is 2. The minimum atomic E-state index is -0.0862. The van der Waals surface area contributed by atoms with Crippen molar-refractivity contribution >= 4 is 16.9 Å². The molecule has 0 fully saturated rings. The van der Waals surface area contributed by atoms with Crippen molar-refractivity contribution in [3.05, 3.63) is 83.1 Å². The van der Waals surface area contributed by atoms with Gasteiger partial charge in [-0.25, -0.2) is 0 Å². The molecule has 0 bridgehead atoms. The highest BCUT2D eigenvalue weighted by molar-refractivity contribution is 8.13. The Balaban J connectivity index is 1.93. The Morgan fingerprint density at radius 3 is 2.39 bits per heavy atom. The molecule has 0 unspecified atom stereocenters. The zero-order valence-electron chi connectivity index (χ0n) is 13.4. The summed E-state index contributed by atoms with van der Waals surface area (Å²) in [6.07, 6.45) is 4.52. The predicted octanol–water partition coefficient (Wildman–Crippen LogP) is 5.01. The van der Waals surface area contributed by atoms with Gasteiger partial charge in [-0.15, -0.1) is 0 Å². The van der Waals surface area contributed by atoms with Crippen LogP contribution in [0, 0.1) is 6.92 Å². The van der Waals surface area contributed by atoms with Gasteiger partial charge in [0.05, 0.1) is 0 Å². The van der Waals surface area contributed by atoms with Crippen molar-refractivity contribution < 1.29 is 9.53 Å². The van der Waals surface area contributed by atoms with Crippen LogP contribution in [0.3, 0.4) is 0 Å². The summed E-state index contributed by atoms with van der Waals surface area (Å²) in [5.74, 6) is 0.672. The highest BCUT2D eigenvalue weighted by Gasteiger charge is 2.28. The largest absolute Gasteiger partial charge is 0.481 e. The minimum absolute atomic E-state index is 0.0113. The van der Waals surface area contributed by atoms with Crippen LogP contribution in [0.15, 0.2) is 66.4 Å². The van der Waals surface area contributed by atoms with Crippen molar-refractivity contribution in [2.24, 2.45) is 0 Å². The summed E-state index contributed by atoms with van der Waals surface area (Å²) >= 11 is 1.20. The molecule has 1 aliphatic heterocycles. The molecule has 2 nitrogen and oxygen atoms in total. The van der Waals surface area contributed by atoms with Gasteiger partial charge in [-0.2, -0.15) is 0 Å². The quantitative estimate of drug-likeness (QED) is 0.793. The second-order valence-corrected chi connectivity index (χ2v) is 6.57. The molecule has 0 radical (unpaired) electrons. The Labute approximate surface area is 141 Å². The van der Waals surface area contributed by atoms with Gasteiger partial charge < -0.3 is 4.74 Å².